The van der Waals surface area contributed by atoms with E-state index in [-0.39, 0.29) is 44.2 Å². The number of allylic oxidation sites excluding steroid dienone is 1. The van der Waals surface area contributed by atoms with E-state index in [1.807, 2.05) is 6.08 Å². The van der Waals surface area contributed by atoms with Crippen LogP contribution < -0.4 is 14.8 Å². The van der Waals surface area contributed by atoms with Crippen molar-refractivity contribution < 1.29 is 50.6 Å². The number of hydrogen-bond donors (Lipinski definition) is 3. The van der Waals surface area contributed by atoms with Crippen molar-refractivity contribution >= 4 is 44.7 Å². The fourth-order valence-electron chi connectivity index (χ4n) is 8.92. The third kappa shape index (κ3) is 6.56. The van der Waals surface area contributed by atoms with E-state index >= 15 is 0 Å². The minimum Gasteiger partial charge on any atom is -0.483 e. The summed E-state index contributed by atoms with van der Waals surface area (Å²) in [4.78, 5) is 62.7. The number of nitrogens with zero attached hydrogens (tertiary/aromatic N) is 3. The van der Waals surface area contributed by atoms with E-state index in [9.17, 15) is 45.9 Å². The Balaban J connectivity index is 1.19. The molecule has 302 valence electrons. The number of amides is 4. The molecule has 3 N–H and O–H groups in total. The van der Waals surface area contributed by atoms with Gasteiger partial charge in [-0.05, 0) is 84.1 Å². The van der Waals surface area contributed by atoms with E-state index in [4.69, 9.17) is 4.74 Å². The highest BCUT2D eigenvalue weighted by molar-refractivity contribution is 7.91. The van der Waals surface area contributed by atoms with Crippen LogP contribution in [0.2, 0.25) is 0 Å². The summed E-state index contributed by atoms with van der Waals surface area (Å²) in [5.41, 5.74) is -4.77. The summed E-state index contributed by atoms with van der Waals surface area (Å²) in [5.74, 6) is -3.44. The number of alkyl halides is 3. The molecule has 1 aromatic heterocycles. The highest BCUT2D eigenvalue weighted by Crippen LogP contribution is 2.51. The lowest BCUT2D eigenvalue weighted by Crippen LogP contribution is -2.60. The van der Waals surface area contributed by atoms with Crippen LogP contribution in [0.25, 0.3) is 10.9 Å². The lowest BCUT2D eigenvalue weighted by atomic mass is 9.87. The number of benzene rings is 1. The summed E-state index contributed by atoms with van der Waals surface area (Å²) < 4.78 is 77.8. The largest absolute Gasteiger partial charge is 0.483 e. The van der Waals surface area contributed by atoms with Gasteiger partial charge in [-0.25, -0.2) is 18.2 Å². The van der Waals surface area contributed by atoms with Crippen molar-refractivity contribution in [2.24, 2.45) is 5.92 Å². The molecule has 0 unspecified atom stereocenters. The van der Waals surface area contributed by atoms with Crippen LogP contribution in [0.3, 0.4) is 0 Å². The van der Waals surface area contributed by atoms with Crippen LogP contribution in [0.4, 0.5) is 18.0 Å². The highest BCUT2D eigenvalue weighted by Gasteiger charge is 2.64. The number of carboxylic acid groups (broad SMARTS) is 1. The number of rotatable bonds is 5. The first kappa shape index (κ1) is 38.5. The molecule has 5 atom stereocenters. The van der Waals surface area contributed by atoms with Gasteiger partial charge in [0.25, 0.3) is 5.91 Å². The van der Waals surface area contributed by atoms with Crippen molar-refractivity contribution in [2.75, 3.05) is 6.54 Å². The van der Waals surface area contributed by atoms with Gasteiger partial charge in [-0.3, -0.25) is 24.0 Å². The second-order valence-electron chi connectivity index (χ2n) is 17.1. The van der Waals surface area contributed by atoms with Gasteiger partial charge in [-0.15, -0.1) is 0 Å². The number of hydrogen-bond acceptors (Lipinski definition) is 8. The van der Waals surface area contributed by atoms with Gasteiger partial charge in [-0.1, -0.05) is 43.2 Å². The summed E-state index contributed by atoms with van der Waals surface area (Å²) in [6.45, 7) is 2.96. The summed E-state index contributed by atoms with van der Waals surface area (Å²) in [7, 11) is -4.09. The van der Waals surface area contributed by atoms with Crippen LogP contribution in [0.1, 0.15) is 102 Å². The Kier molecular flexibility index (Phi) is 8.97. The molecular weight excluding hydrogens is 756 g/mol. The van der Waals surface area contributed by atoms with Gasteiger partial charge in [0.05, 0.1) is 16.8 Å². The number of aryl methyl sites for hydroxylation is 1. The minimum absolute atomic E-state index is 0.0877. The predicted octanol–water partition coefficient (Wildman–Crippen LogP) is 5.21. The molecule has 8 rings (SSSR count). The number of carbonyl (C=O) groups excluding carboxylic acids is 3. The second kappa shape index (κ2) is 13.1. The summed E-state index contributed by atoms with van der Waals surface area (Å²) in [6, 6.07) is 3.84. The van der Waals surface area contributed by atoms with Gasteiger partial charge in [0.2, 0.25) is 21.8 Å². The van der Waals surface area contributed by atoms with Crippen molar-refractivity contribution in [2.45, 2.75) is 137 Å². The second-order valence-corrected chi connectivity index (χ2v) is 19.3. The molecule has 6 aliphatic rings. The number of sulfonamides is 1. The van der Waals surface area contributed by atoms with Crippen LogP contribution in [-0.4, -0.2) is 92.2 Å². The number of ether oxygens (including phenoxy) is 1. The molecule has 1 saturated heterocycles. The summed E-state index contributed by atoms with van der Waals surface area (Å²) >= 11 is 0. The van der Waals surface area contributed by atoms with Crippen molar-refractivity contribution in [3.05, 3.63) is 47.7 Å². The Bertz CT molecular complexity index is 2150. The Morgan fingerprint density at radius 2 is 1.79 bits per heavy atom. The molecule has 56 heavy (non-hydrogen) atoms. The number of aromatic nitrogens is 1. The van der Waals surface area contributed by atoms with Crippen LogP contribution in [-0.2, 0) is 37.0 Å². The van der Waals surface area contributed by atoms with E-state index in [1.54, 1.807) is 31.2 Å². The van der Waals surface area contributed by atoms with E-state index < -0.39 is 90.9 Å². The maximum atomic E-state index is 14.9. The zero-order chi connectivity index (χ0) is 40.1. The molecule has 2 aromatic rings. The number of carbonyl (C=O) groups is 4. The molecule has 3 saturated carbocycles. The fraction of sp³-hybridized carbons (Fsp3) is 0.615. The van der Waals surface area contributed by atoms with E-state index in [1.165, 1.54) is 17.9 Å². The Labute approximate surface area is 322 Å². The molecule has 0 bridgehead atoms. The average Bonchev–Trinajstić information content (AvgIpc) is 4.09. The van der Waals surface area contributed by atoms with Crippen LogP contribution in [0, 0.1) is 5.92 Å². The third-order valence-electron chi connectivity index (χ3n) is 13.0. The van der Waals surface area contributed by atoms with Gasteiger partial charge in [0.1, 0.15) is 23.2 Å². The van der Waals surface area contributed by atoms with Crippen LogP contribution in [0.15, 0.2) is 36.4 Å². The van der Waals surface area contributed by atoms with Gasteiger partial charge in [0.15, 0.2) is 11.4 Å². The maximum absolute atomic E-state index is 14.9. The Morgan fingerprint density at radius 3 is 2.46 bits per heavy atom. The number of para-hydroxylation sites is 1. The first-order chi connectivity index (χ1) is 26.3. The smallest absolute Gasteiger partial charge is 0.437 e. The van der Waals surface area contributed by atoms with Crippen LogP contribution >= 0.6 is 0 Å². The Hall–Kier alpha value is -4.41. The number of fused-ring (bicyclic) bond motifs is 5. The SMILES string of the molecule is CC1(N(C(=O)O)[C@H]2CCCCC/C=C\[C@@H]3C[C@@]3(C(=O)NS(=O)(=O)C3(C)CC3)NC(=O)[C@@H]3C[C@]4(CCc5c(c(C(F)(F)F)nc6ccccc56)O4)CN3C2=O)CC1. The van der Waals surface area contributed by atoms with E-state index in [2.05, 4.69) is 15.0 Å². The van der Waals surface area contributed by atoms with Crippen molar-refractivity contribution in [1.82, 2.24) is 24.8 Å². The van der Waals surface area contributed by atoms with Crippen molar-refractivity contribution in [3.63, 3.8) is 0 Å². The molecule has 4 fully saturated rings. The standard InChI is InChI=1S/C39H46F3N5O8S/c1-35(16-17-35)47(34(51)52)27-13-7-5-3-4-6-10-23-20-38(23,33(50)45-56(53,54)36(2)18-19-36)44-31(48)28-21-37(22-46(28)32(27)49)15-14-25-24-11-8-9-12-26(24)43-30(29(25)55-37)39(40,41)42/h6,8-12,23,27-28H,3-5,7,13-22H2,1-2H3,(H,44,48)(H,45,50)(H,51,52)/b10-6-/t23-,27+,28+,37-,38-/m1/s1. The maximum Gasteiger partial charge on any atom is 0.437 e. The lowest BCUT2D eigenvalue weighted by Gasteiger charge is -2.39. The first-order valence-corrected chi connectivity index (χ1v) is 20.9. The molecule has 13 nitrogen and oxygen atoms in total. The lowest BCUT2D eigenvalue weighted by molar-refractivity contribution is -0.145. The van der Waals surface area contributed by atoms with Gasteiger partial charge < -0.3 is 20.1 Å². The van der Waals surface area contributed by atoms with E-state index in [0.717, 1.165) is 4.90 Å². The van der Waals surface area contributed by atoms with Crippen molar-refractivity contribution in [1.29, 1.82) is 0 Å². The number of pyridine rings is 1. The van der Waals surface area contributed by atoms with Gasteiger partial charge in [-0.2, -0.15) is 13.2 Å². The number of nitrogens with one attached hydrogen (secondary N) is 2. The summed E-state index contributed by atoms with van der Waals surface area (Å²) in [5, 5.41) is 13.8. The van der Waals surface area contributed by atoms with Gasteiger partial charge >= 0.3 is 12.3 Å². The Morgan fingerprint density at radius 1 is 1.05 bits per heavy atom. The predicted molar refractivity (Wildman–Crippen MR) is 196 cm³/mol. The summed E-state index contributed by atoms with van der Waals surface area (Å²) in [6.07, 6.45) is 1.92. The first-order valence-electron chi connectivity index (χ1n) is 19.4. The average molecular weight is 802 g/mol. The molecule has 3 aliphatic heterocycles. The van der Waals surface area contributed by atoms with E-state index in [0.29, 0.717) is 62.3 Å². The normalized spacial score (nSPS) is 31.4. The van der Waals surface area contributed by atoms with Crippen molar-refractivity contribution in [3.8, 4) is 5.75 Å². The zero-order valence-electron chi connectivity index (χ0n) is 31.3. The molecule has 0 radical (unpaired) electrons. The third-order valence-corrected chi connectivity index (χ3v) is 15.2. The molecule has 4 heterocycles. The molecular formula is C39H46F3N5O8S. The molecule has 3 aliphatic carbocycles. The quantitative estimate of drug-likeness (QED) is 0.343. The molecule has 1 aromatic carbocycles. The topological polar surface area (TPSA) is 175 Å². The molecule has 17 heteroatoms. The molecule has 4 amide bonds. The molecule has 1 spiro atoms. The van der Waals surface area contributed by atoms with Gasteiger partial charge in [0, 0.05) is 28.8 Å². The minimum atomic E-state index is -4.90. The fourth-order valence-corrected chi connectivity index (χ4v) is 10.2. The zero-order valence-corrected chi connectivity index (χ0v) is 32.1. The monoisotopic (exact) mass is 801 g/mol. The number of halogens is 3. The van der Waals surface area contributed by atoms with Crippen LogP contribution in [0.5, 0.6) is 5.75 Å². The highest BCUT2D eigenvalue weighted by atomic mass is 32.2.